The van der Waals surface area contributed by atoms with Gasteiger partial charge in [0.2, 0.25) is 10.0 Å². The summed E-state index contributed by atoms with van der Waals surface area (Å²) >= 11 is 1.10. The second kappa shape index (κ2) is 5.71. The van der Waals surface area contributed by atoms with Crippen molar-refractivity contribution < 1.29 is 13.5 Å². The molecule has 3 N–H and O–H groups in total. The molecule has 1 aliphatic heterocycles. The van der Waals surface area contributed by atoms with Crippen LogP contribution >= 0.6 is 11.3 Å². The zero-order valence-corrected chi connectivity index (χ0v) is 12.3. The summed E-state index contributed by atoms with van der Waals surface area (Å²) in [4.78, 5) is 8.33. The Bertz CT molecular complexity index is 521. The van der Waals surface area contributed by atoms with Gasteiger partial charge < -0.3 is 10.0 Å². The van der Waals surface area contributed by atoms with Crippen LogP contribution in [0.4, 0.5) is 5.13 Å². The SMILES string of the molecule is C[C@@H](O)CN1CCN(c2ncc(S(N)(=O)=O)s2)CC1. The average Bonchev–Trinajstić information content (AvgIpc) is 2.78. The standard InChI is InChI=1S/C10H18N4O3S2/c1-8(15)7-13-2-4-14(5-3-13)10-12-6-9(18-10)19(11,16)17/h6,8,15H,2-5,7H2,1H3,(H2,11,16,17)/t8-/m1/s1. The molecule has 0 aromatic carbocycles. The first-order valence-corrected chi connectivity index (χ1v) is 8.36. The molecule has 0 saturated carbocycles. The highest BCUT2D eigenvalue weighted by Crippen LogP contribution is 2.25. The second-order valence-electron chi connectivity index (χ2n) is 4.64. The van der Waals surface area contributed by atoms with Crippen LogP contribution in [-0.2, 0) is 10.0 Å². The summed E-state index contributed by atoms with van der Waals surface area (Å²) in [7, 11) is -3.66. The average molecular weight is 306 g/mol. The smallest absolute Gasteiger partial charge is 0.249 e. The van der Waals surface area contributed by atoms with Crippen LogP contribution in [0.2, 0.25) is 0 Å². The van der Waals surface area contributed by atoms with Crippen molar-refractivity contribution in [2.24, 2.45) is 5.14 Å². The highest BCUT2D eigenvalue weighted by Gasteiger charge is 2.21. The monoisotopic (exact) mass is 306 g/mol. The van der Waals surface area contributed by atoms with Crippen LogP contribution < -0.4 is 10.0 Å². The van der Waals surface area contributed by atoms with Gasteiger partial charge in [-0.25, -0.2) is 18.5 Å². The molecule has 1 aromatic heterocycles. The predicted octanol–water partition coefficient (Wildman–Crippen LogP) is -0.707. The van der Waals surface area contributed by atoms with E-state index < -0.39 is 10.0 Å². The quantitative estimate of drug-likeness (QED) is 0.762. The minimum absolute atomic E-state index is 0.0916. The summed E-state index contributed by atoms with van der Waals surface area (Å²) in [6, 6.07) is 0. The third-order valence-electron chi connectivity index (χ3n) is 2.92. The number of rotatable bonds is 4. The summed E-state index contributed by atoms with van der Waals surface area (Å²) in [5.41, 5.74) is 0. The first-order chi connectivity index (χ1) is 8.86. The van der Waals surface area contributed by atoms with Crippen molar-refractivity contribution >= 4 is 26.5 Å². The van der Waals surface area contributed by atoms with Crippen LogP contribution in [-0.4, -0.2) is 62.2 Å². The lowest BCUT2D eigenvalue weighted by atomic mass is 10.3. The van der Waals surface area contributed by atoms with Crippen LogP contribution in [0.15, 0.2) is 10.4 Å². The molecule has 0 radical (unpaired) electrons. The molecular formula is C10H18N4O3S2. The first kappa shape index (κ1) is 14.7. The highest BCUT2D eigenvalue weighted by atomic mass is 32.2. The Morgan fingerprint density at radius 2 is 2.11 bits per heavy atom. The molecular weight excluding hydrogens is 288 g/mol. The molecule has 0 amide bonds. The third kappa shape index (κ3) is 3.86. The van der Waals surface area contributed by atoms with E-state index in [2.05, 4.69) is 9.88 Å². The van der Waals surface area contributed by atoms with Gasteiger partial charge in [0.05, 0.1) is 12.3 Å². The number of piperazine rings is 1. The van der Waals surface area contributed by atoms with Crippen molar-refractivity contribution in [1.82, 2.24) is 9.88 Å². The van der Waals surface area contributed by atoms with Gasteiger partial charge in [-0.3, -0.25) is 4.90 Å². The Balaban J connectivity index is 1.96. The van der Waals surface area contributed by atoms with E-state index in [4.69, 9.17) is 5.14 Å². The minimum atomic E-state index is -3.66. The van der Waals surface area contributed by atoms with Gasteiger partial charge in [-0.15, -0.1) is 0 Å². The van der Waals surface area contributed by atoms with Gasteiger partial charge in [-0.1, -0.05) is 11.3 Å². The summed E-state index contributed by atoms with van der Waals surface area (Å²) in [6.07, 6.45) is 0.970. The number of aliphatic hydroxyl groups is 1. The molecule has 0 aliphatic carbocycles. The van der Waals surface area contributed by atoms with E-state index in [1.54, 1.807) is 6.92 Å². The van der Waals surface area contributed by atoms with E-state index in [0.29, 0.717) is 11.7 Å². The largest absolute Gasteiger partial charge is 0.392 e. The number of primary sulfonamides is 1. The Kier molecular flexibility index (Phi) is 4.41. The summed E-state index contributed by atoms with van der Waals surface area (Å²) in [5, 5.41) is 15.1. The lowest BCUT2D eigenvalue weighted by molar-refractivity contribution is 0.122. The van der Waals surface area contributed by atoms with Gasteiger partial charge in [0, 0.05) is 32.7 Å². The van der Waals surface area contributed by atoms with Crippen molar-refractivity contribution in [3.8, 4) is 0 Å². The van der Waals surface area contributed by atoms with Crippen molar-refractivity contribution in [2.75, 3.05) is 37.6 Å². The maximum Gasteiger partial charge on any atom is 0.249 e. The molecule has 7 nitrogen and oxygen atoms in total. The highest BCUT2D eigenvalue weighted by molar-refractivity contribution is 7.91. The Morgan fingerprint density at radius 1 is 1.47 bits per heavy atom. The lowest BCUT2D eigenvalue weighted by Gasteiger charge is -2.35. The molecule has 2 heterocycles. The molecule has 1 saturated heterocycles. The molecule has 19 heavy (non-hydrogen) atoms. The van der Waals surface area contributed by atoms with Crippen LogP contribution in [0.3, 0.4) is 0 Å². The van der Waals surface area contributed by atoms with Crippen molar-refractivity contribution in [1.29, 1.82) is 0 Å². The zero-order valence-electron chi connectivity index (χ0n) is 10.7. The number of hydrogen-bond acceptors (Lipinski definition) is 7. The van der Waals surface area contributed by atoms with Crippen molar-refractivity contribution in [3.05, 3.63) is 6.20 Å². The molecule has 0 spiro atoms. The summed E-state index contributed by atoms with van der Waals surface area (Å²) in [6.45, 7) is 5.62. The van der Waals surface area contributed by atoms with Gasteiger partial charge in [-0.05, 0) is 6.92 Å². The number of nitrogens with zero attached hydrogens (tertiary/aromatic N) is 3. The zero-order chi connectivity index (χ0) is 14.0. The molecule has 0 bridgehead atoms. The maximum absolute atomic E-state index is 11.2. The Morgan fingerprint density at radius 3 is 2.58 bits per heavy atom. The topological polar surface area (TPSA) is 99.8 Å². The van der Waals surface area contributed by atoms with E-state index in [1.165, 1.54) is 6.20 Å². The number of aliphatic hydroxyl groups excluding tert-OH is 1. The molecule has 1 atom stereocenters. The van der Waals surface area contributed by atoms with Gasteiger partial charge in [-0.2, -0.15) is 0 Å². The van der Waals surface area contributed by atoms with E-state index >= 15 is 0 Å². The van der Waals surface area contributed by atoms with Crippen LogP contribution in [0, 0.1) is 0 Å². The fourth-order valence-corrected chi connectivity index (χ4v) is 3.61. The van der Waals surface area contributed by atoms with Gasteiger partial charge in [0.15, 0.2) is 9.34 Å². The summed E-state index contributed by atoms with van der Waals surface area (Å²) in [5.74, 6) is 0. The number of aromatic nitrogens is 1. The fraction of sp³-hybridized carbons (Fsp3) is 0.700. The molecule has 2 rings (SSSR count). The van der Waals surface area contributed by atoms with Crippen LogP contribution in [0.5, 0.6) is 0 Å². The molecule has 1 aliphatic rings. The van der Waals surface area contributed by atoms with Crippen LogP contribution in [0.1, 0.15) is 6.92 Å². The van der Waals surface area contributed by atoms with E-state index in [-0.39, 0.29) is 10.3 Å². The van der Waals surface area contributed by atoms with Gasteiger partial charge in [0.1, 0.15) is 0 Å². The fourth-order valence-electron chi connectivity index (χ4n) is 2.02. The Labute approximate surface area is 116 Å². The predicted molar refractivity (Wildman–Crippen MR) is 73.8 cm³/mol. The minimum Gasteiger partial charge on any atom is -0.392 e. The summed E-state index contributed by atoms with van der Waals surface area (Å²) < 4.78 is 22.5. The molecule has 0 unspecified atom stereocenters. The number of hydrogen-bond donors (Lipinski definition) is 2. The Hall–Kier alpha value is -0.740. The van der Waals surface area contributed by atoms with Gasteiger partial charge in [0.25, 0.3) is 0 Å². The number of sulfonamides is 1. The van der Waals surface area contributed by atoms with Crippen LogP contribution in [0.25, 0.3) is 0 Å². The lowest BCUT2D eigenvalue weighted by Crippen LogP contribution is -2.48. The molecule has 1 fully saturated rings. The first-order valence-electron chi connectivity index (χ1n) is 6.00. The molecule has 108 valence electrons. The number of anilines is 1. The van der Waals surface area contributed by atoms with Crippen molar-refractivity contribution in [3.63, 3.8) is 0 Å². The van der Waals surface area contributed by atoms with E-state index in [0.717, 1.165) is 37.5 Å². The second-order valence-corrected chi connectivity index (χ2v) is 7.44. The van der Waals surface area contributed by atoms with E-state index in [1.807, 2.05) is 4.90 Å². The number of thiazole rings is 1. The molecule has 9 heteroatoms. The maximum atomic E-state index is 11.2. The van der Waals surface area contributed by atoms with E-state index in [9.17, 15) is 13.5 Å². The normalized spacial score (nSPS) is 19.6. The number of β-amino-alcohol motifs (C(OH)–C–C–N with tert-alkyl or cyclic N) is 1. The van der Waals surface area contributed by atoms with Gasteiger partial charge >= 0.3 is 0 Å². The number of nitrogens with two attached hydrogens (primary N) is 1. The van der Waals surface area contributed by atoms with Crippen molar-refractivity contribution in [2.45, 2.75) is 17.2 Å². The third-order valence-corrected chi connectivity index (χ3v) is 5.38. The molecule has 1 aromatic rings.